The van der Waals surface area contributed by atoms with Crippen LogP contribution in [0.1, 0.15) is 35.8 Å². The highest BCUT2D eigenvalue weighted by Gasteiger charge is 2.51. The molecule has 3 aromatic rings. The zero-order valence-electron chi connectivity index (χ0n) is 18.7. The van der Waals surface area contributed by atoms with E-state index in [1.165, 1.54) is 6.07 Å². The molecule has 2 bridgehead atoms. The number of hydrogen-bond donors (Lipinski definition) is 1. The van der Waals surface area contributed by atoms with Crippen LogP contribution in [0.25, 0.3) is 11.4 Å². The predicted octanol–water partition coefficient (Wildman–Crippen LogP) is 3.64. The van der Waals surface area contributed by atoms with Gasteiger partial charge in [0.2, 0.25) is 0 Å². The lowest BCUT2D eigenvalue weighted by atomic mass is 9.64. The second-order valence-corrected chi connectivity index (χ2v) is 8.97. The molecule has 1 amide bonds. The number of amides is 1. The minimum absolute atomic E-state index is 0.104. The van der Waals surface area contributed by atoms with E-state index in [0.29, 0.717) is 35.4 Å². The maximum absolute atomic E-state index is 13.8. The molecule has 3 aliphatic rings. The van der Waals surface area contributed by atoms with Gasteiger partial charge in [0.25, 0.3) is 5.91 Å². The number of carbonyl (C=O) groups excluding carboxylic acids is 1. The molecule has 0 aromatic carbocycles. The molecule has 178 valence electrons. The van der Waals surface area contributed by atoms with Crippen LogP contribution in [0.3, 0.4) is 0 Å². The molecule has 1 saturated carbocycles. The number of hydrogen-bond acceptors (Lipinski definition) is 6. The lowest BCUT2D eigenvalue weighted by Crippen LogP contribution is -2.64. The van der Waals surface area contributed by atoms with Gasteiger partial charge in [-0.1, -0.05) is 6.92 Å². The lowest BCUT2D eigenvalue weighted by molar-refractivity contribution is -0.137. The first-order valence-corrected chi connectivity index (χ1v) is 11.1. The van der Waals surface area contributed by atoms with Crippen LogP contribution in [-0.2, 0) is 13.2 Å². The molecular formula is C23H24F3N7O. The van der Waals surface area contributed by atoms with Crippen molar-refractivity contribution in [2.75, 3.05) is 11.9 Å². The number of alkyl halides is 3. The Morgan fingerprint density at radius 2 is 1.91 bits per heavy atom. The summed E-state index contributed by atoms with van der Waals surface area (Å²) in [5.41, 5.74) is 0.0650. The minimum atomic E-state index is -4.43. The molecule has 0 radical (unpaired) electrons. The molecule has 3 aromatic heterocycles. The lowest BCUT2D eigenvalue weighted by Gasteiger charge is -2.57. The van der Waals surface area contributed by atoms with Crippen molar-refractivity contribution >= 4 is 11.7 Å². The van der Waals surface area contributed by atoms with Gasteiger partial charge < -0.3 is 10.2 Å². The first-order valence-electron chi connectivity index (χ1n) is 11.1. The molecule has 2 saturated heterocycles. The molecule has 2 unspecified atom stereocenters. The Morgan fingerprint density at radius 3 is 2.56 bits per heavy atom. The number of nitrogens with one attached hydrogen (secondary N) is 1. The molecule has 6 rings (SSSR count). The smallest absolute Gasteiger partial charge is 0.368 e. The summed E-state index contributed by atoms with van der Waals surface area (Å²) in [5.74, 6) is 1.31. The van der Waals surface area contributed by atoms with Crippen LogP contribution < -0.4 is 5.32 Å². The average Bonchev–Trinajstić information content (AvgIpc) is 3.18. The topological polar surface area (TPSA) is 88.8 Å². The van der Waals surface area contributed by atoms with Crippen LogP contribution in [0.15, 0.2) is 43.0 Å². The van der Waals surface area contributed by atoms with Gasteiger partial charge in [-0.15, -0.1) is 0 Å². The molecule has 1 aliphatic carbocycles. The summed E-state index contributed by atoms with van der Waals surface area (Å²) in [6.07, 6.45) is 3.22. The van der Waals surface area contributed by atoms with Gasteiger partial charge in [-0.2, -0.15) is 18.3 Å². The van der Waals surface area contributed by atoms with Crippen molar-refractivity contribution in [2.24, 2.45) is 18.9 Å². The molecule has 8 nitrogen and oxygen atoms in total. The van der Waals surface area contributed by atoms with E-state index >= 15 is 0 Å². The van der Waals surface area contributed by atoms with Crippen molar-refractivity contribution in [1.29, 1.82) is 0 Å². The number of aromatic nitrogens is 5. The third-order valence-electron chi connectivity index (χ3n) is 6.91. The van der Waals surface area contributed by atoms with Gasteiger partial charge >= 0.3 is 6.18 Å². The van der Waals surface area contributed by atoms with Crippen molar-refractivity contribution in [2.45, 2.75) is 38.0 Å². The average molecular weight is 471 g/mol. The molecule has 0 spiro atoms. The maximum Gasteiger partial charge on any atom is 0.417 e. The molecule has 1 N–H and O–H groups in total. The Hall–Kier alpha value is -3.50. The second kappa shape index (κ2) is 8.37. The first-order chi connectivity index (χ1) is 16.2. The van der Waals surface area contributed by atoms with Crippen molar-refractivity contribution in [3.05, 3.63) is 54.2 Å². The SMILES string of the molecule is CC1C2CC(C2)N(C(=O)c2nn(C)cc2-c2ncccn2)C1CNc1ccc(C(F)(F)F)cn1. The quantitative estimate of drug-likeness (QED) is 0.611. The van der Waals surface area contributed by atoms with Gasteiger partial charge in [0.15, 0.2) is 11.5 Å². The number of aryl methyl sites for hydroxylation is 1. The summed E-state index contributed by atoms with van der Waals surface area (Å²) in [7, 11) is 1.75. The highest BCUT2D eigenvalue weighted by molar-refractivity contribution is 5.98. The van der Waals surface area contributed by atoms with Crippen LogP contribution in [0.2, 0.25) is 0 Å². The van der Waals surface area contributed by atoms with Crippen molar-refractivity contribution in [3.63, 3.8) is 0 Å². The molecule has 3 fully saturated rings. The number of fused-ring (bicyclic) bond motifs is 2. The van der Waals surface area contributed by atoms with Gasteiger partial charge in [-0.25, -0.2) is 15.0 Å². The molecule has 5 heterocycles. The third kappa shape index (κ3) is 3.99. The summed E-state index contributed by atoms with van der Waals surface area (Å²) in [6, 6.07) is 3.97. The fraction of sp³-hybridized carbons (Fsp3) is 0.435. The second-order valence-electron chi connectivity index (χ2n) is 8.97. The molecular weight excluding hydrogens is 447 g/mol. The Morgan fingerprint density at radius 1 is 1.18 bits per heavy atom. The van der Waals surface area contributed by atoms with E-state index in [4.69, 9.17) is 0 Å². The van der Waals surface area contributed by atoms with E-state index in [2.05, 4.69) is 32.3 Å². The zero-order valence-corrected chi connectivity index (χ0v) is 18.7. The van der Waals surface area contributed by atoms with Crippen molar-refractivity contribution < 1.29 is 18.0 Å². The van der Waals surface area contributed by atoms with E-state index in [9.17, 15) is 18.0 Å². The van der Waals surface area contributed by atoms with Gasteiger partial charge in [0.05, 0.1) is 17.2 Å². The van der Waals surface area contributed by atoms with E-state index < -0.39 is 11.7 Å². The van der Waals surface area contributed by atoms with Crippen LogP contribution in [0, 0.1) is 11.8 Å². The van der Waals surface area contributed by atoms with Crippen LogP contribution in [0.5, 0.6) is 0 Å². The summed E-state index contributed by atoms with van der Waals surface area (Å²) < 4.78 is 40.1. The molecule has 11 heteroatoms. The fourth-order valence-corrected chi connectivity index (χ4v) is 4.97. The van der Waals surface area contributed by atoms with Gasteiger partial charge in [-0.05, 0) is 42.9 Å². The number of nitrogens with zero attached hydrogens (tertiary/aromatic N) is 6. The summed E-state index contributed by atoms with van der Waals surface area (Å²) in [4.78, 5) is 28.1. The number of halogens is 3. The number of piperidine rings is 2. The highest BCUT2D eigenvalue weighted by Crippen LogP contribution is 2.47. The summed E-state index contributed by atoms with van der Waals surface area (Å²) >= 11 is 0. The Kier molecular flexibility index (Phi) is 5.49. The molecule has 2 atom stereocenters. The molecule has 34 heavy (non-hydrogen) atoms. The van der Waals surface area contributed by atoms with Gasteiger partial charge in [-0.3, -0.25) is 9.48 Å². The normalized spacial score (nSPS) is 24.0. The highest BCUT2D eigenvalue weighted by atomic mass is 19.4. The standard InChI is InChI=1S/C23H24F3N7O/c1-13-14-8-16(9-14)33(18(13)11-30-19-5-4-15(10-29-19)23(24,25)26)22(34)20-17(12-32(2)31-20)21-27-6-3-7-28-21/h3-7,10,12-14,16,18H,8-9,11H2,1-2H3,(H,29,30). The van der Waals surface area contributed by atoms with Crippen LogP contribution in [0.4, 0.5) is 19.0 Å². The monoisotopic (exact) mass is 471 g/mol. The Labute approximate surface area is 194 Å². The minimum Gasteiger partial charge on any atom is -0.368 e. The van der Waals surface area contributed by atoms with Gasteiger partial charge in [0, 0.05) is 44.4 Å². The number of carbonyl (C=O) groups is 1. The van der Waals surface area contributed by atoms with E-state index in [1.54, 1.807) is 36.4 Å². The van der Waals surface area contributed by atoms with Crippen LogP contribution >= 0.6 is 0 Å². The van der Waals surface area contributed by atoms with E-state index in [0.717, 1.165) is 25.1 Å². The first kappa shape index (κ1) is 22.3. The molecule has 2 aliphatic heterocycles. The van der Waals surface area contributed by atoms with Gasteiger partial charge in [0.1, 0.15) is 5.82 Å². The zero-order chi connectivity index (χ0) is 24.0. The maximum atomic E-state index is 13.8. The van der Waals surface area contributed by atoms with Crippen molar-refractivity contribution in [3.8, 4) is 11.4 Å². The Balaban J connectivity index is 1.39. The largest absolute Gasteiger partial charge is 0.417 e. The van der Waals surface area contributed by atoms with E-state index in [1.807, 2.05) is 4.90 Å². The Bertz CT molecular complexity index is 1170. The predicted molar refractivity (Wildman–Crippen MR) is 118 cm³/mol. The summed E-state index contributed by atoms with van der Waals surface area (Å²) in [6.45, 7) is 2.49. The third-order valence-corrected chi connectivity index (χ3v) is 6.91. The number of pyridine rings is 1. The fourth-order valence-electron chi connectivity index (χ4n) is 4.97. The van der Waals surface area contributed by atoms with E-state index in [-0.39, 0.29) is 23.9 Å². The number of rotatable bonds is 5. The van der Waals surface area contributed by atoms with Crippen molar-refractivity contribution in [1.82, 2.24) is 29.6 Å². The van der Waals surface area contributed by atoms with Crippen LogP contribution in [-0.4, -0.2) is 54.2 Å². The summed E-state index contributed by atoms with van der Waals surface area (Å²) in [5, 5.41) is 7.56. The number of anilines is 1.